The number of nitrogens with two attached hydrogens (primary N) is 1. The van der Waals surface area contributed by atoms with Crippen LogP contribution >= 0.6 is 0 Å². The topological polar surface area (TPSA) is 82.3 Å². The predicted octanol–water partition coefficient (Wildman–Crippen LogP) is 1.74. The highest BCUT2D eigenvalue weighted by Gasteiger charge is 2.09. The van der Waals surface area contributed by atoms with Crippen LogP contribution in [0.5, 0.6) is 11.5 Å². The van der Waals surface area contributed by atoms with Gasteiger partial charge in [0.15, 0.2) is 9.84 Å². The van der Waals surface area contributed by atoms with Crippen LogP contribution in [-0.2, 0) is 16.4 Å². The number of hydrogen-bond donors (Lipinski definition) is 1. The quantitative estimate of drug-likeness (QED) is 0.921. The van der Waals surface area contributed by atoms with Crippen molar-refractivity contribution >= 4 is 9.84 Å². The molecule has 1 heterocycles. The van der Waals surface area contributed by atoms with E-state index in [1.54, 1.807) is 30.5 Å². The van der Waals surface area contributed by atoms with Crippen molar-refractivity contribution in [3.05, 3.63) is 48.3 Å². The van der Waals surface area contributed by atoms with E-state index in [-0.39, 0.29) is 11.4 Å². The van der Waals surface area contributed by atoms with E-state index in [1.807, 2.05) is 0 Å². The maximum Gasteiger partial charge on any atom is 0.175 e. The van der Waals surface area contributed by atoms with Crippen LogP contribution in [0.15, 0.2) is 47.5 Å². The molecule has 0 bridgehead atoms. The summed E-state index contributed by atoms with van der Waals surface area (Å²) in [5.74, 6) is 0.960. The number of ether oxygens (including phenoxy) is 1. The highest BCUT2D eigenvalue weighted by Crippen LogP contribution is 2.25. The molecule has 0 amide bonds. The number of sulfone groups is 1. The Bertz CT molecular complexity index is 684. The zero-order chi connectivity index (χ0) is 13.9. The fourth-order valence-corrected chi connectivity index (χ4v) is 2.22. The first-order valence-corrected chi connectivity index (χ1v) is 7.52. The maximum absolute atomic E-state index is 11.5. The van der Waals surface area contributed by atoms with E-state index < -0.39 is 9.84 Å². The Morgan fingerprint density at radius 1 is 1.26 bits per heavy atom. The molecular formula is C13H14N2O3S. The molecule has 2 N–H and O–H groups in total. The first-order chi connectivity index (χ1) is 9.00. The molecule has 1 aromatic heterocycles. The molecule has 0 saturated heterocycles. The van der Waals surface area contributed by atoms with E-state index >= 15 is 0 Å². The third-order valence-corrected chi connectivity index (χ3v) is 3.61. The van der Waals surface area contributed by atoms with Gasteiger partial charge in [0.1, 0.15) is 11.5 Å². The lowest BCUT2D eigenvalue weighted by atomic mass is 10.3. The minimum Gasteiger partial charge on any atom is -0.455 e. The van der Waals surface area contributed by atoms with Gasteiger partial charge < -0.3 is 10.5 Å². The van der Waals surface area contributed by atoms with Crippen LogP contribution in [0, 0.1) is 0 Å². The Morgan fingerprint density at radius 3 is 2.74 bits per heavy atom. The average molecular weight is 278 g/mol. The smallest absolute Gasteiger partial charge is 0.175 e. The van der Waals surface area contributed by atoms with Gasteiger partial charge in [-0.1, -0.05) is 6.07 Å². The Morgan fingerprint density at radius 2 is 2.05 bits per heavy atom. The summed E-state index contributed by atoms with van der Waals surface area (Å²) >= 11 is 0. The van der Waals surface area contributed by atoms with Crippen LogP contribution in [0.2, 0.25) is 0 Å². The molecule has 0 aliphatic carbocycles. The third kappa shape index (κ3) is 3.30. The third-order valence-electron chi connectivity index (χ3n) is 2.50. The minimum atomic E-state index is -3.25. The number of pyridine rings is 1. The molecule has 0 radical (unpaired) electrons. The second kappa shape index (κ2) is 5.38. The van der Waals surface area contributed by atoms with Gasteiger partial charge in [0.25, 0.3) is 0 Å². The zero-order valence-corrected chi connectivity index (χ0v) is 11.2. The van der Waals surface area contributed by atoms with Crippen molar-refractivity contribution in [3.63, 3.8) is 0 Å². The highest BCUT2D eigenvalue weighted by atomic mass is 32.2. The number of rotatable bonds is 4. The summed E-state index contributed by atoms with van der Waals surface area (Å²) in [5, 5.41) is 0. The summed E-state index contributed by atoms with van der Waals surface area (Å²) in [6.45, 7) is 0.252. The largest absolute Gasteiger partial charge is 0.455 e. The van der Waals surface area contributed by atoms with Crippen LogP contribution in [0.3, 0.4) is 0 Å². The molecule has 0 fully saturated rings. The molecule has 2 aromatic rings. The second-order valence-electron chi connectivity index (χ2n) is 4.00. The molecule has 100 valence electrons. The zero-order valence-electron chi connectivity index (χ0n) is 10.4. The van der Waals surface area contributed by atoms with Crippen LogP contribution in [0.1, 0.15) is 5.69 Å². The number of nitrogens with zero attached hydrogens (tertiary/aromatic N) is 1. The Kier molecular flexibility index (Phi) is 3.82. The molecule has 0 aliphatic heterocycles. The van der Waals surface area contributed by atoms with Gasteiger partial charge in [0.2, 0.25) is 0 Å². The van der Waals surface area contributed by atoms with E-state index in [4.69, 9.17) is 10.5 Å². The summed E-state index contributed by atoms with van der Waals surface area (Å²) in [7, 11) is -3.25. The standard InChI is InChI=1S/C13H14N2O3S/c1-19(16,17)11-5-2-4-10(8-11)18-13-6-3-7-15-12(13)9-14/h2-8H,9,14H2,1H3. The van der Waals surface area contributed by atoms with E-state index in [2.05, 4.69) is 4.98 Å². The van der Waals surface area contributed by atoms with Gasteiger partial charge in [0.05, 0.1) is 10.6 Å². The van der Waals surface area contributed by atoms with Crippen molar-refractivity contribution in [1.82, 2.24) is 4.98 Å². The predicted molar refractivity (Wildman–Crippen MR) is 71.8 cm³/mol. The van der Waals surface area contributed by atoms with Gasteiger partial charge >= 0.3 is 0 Å². The van der Waals surface area contributed by atoms with Gasteiger partial charge in [-0.25, -0.2) is 8.42 Å². The molecule has 5 nitrogen and oxygen atoms in total. The van der Waals surface area contributed by atoms with Gasteiger partial charge in [0, 0.05) is 19.0 Å². The molecule has 1 aromatic carbocycles. The average Bonchev–Trinajstić information content (AvgIpc) is 2.39. The lowest BCUT2D eigenvalue weighted by Gasteiger charge is -2.09. The van der Waals surface area contributed by atoms with Gasteiger partial charge in [-0.2, -0.15) is 0 Å². The van der Waals surface area contributed by atoms with E-state index in [1.165, 1.54) is 12.1 Å². The molecule has 19 heavy (non-hydrogen) atoms. The molecular weight excluding hydrogens is 264 g/mol. The van der Waals surface area contributed by atoms with Gasteiger partial charge in [-0.3, -0.25) is 4.98 Å². The van der Waals surface area contributed by atoms with Crippen molar-refractivity contribution in [2.45, 2.75) is 11.4 Å². The lowest BCUT2D eigenvalue weighted by Crippen LogP contribution is -2.02. The minimum absolute atomic E-state index is 0.211. The molecule has 2 rings (SSSR count). The molecule has 0 aliphatic rings. The number of aromatic nitrogens is 1. The summed E-state index contributed by atoms with van der Waals surface area (Å²) < 4.78 is 28.6. The van der Waals surface area contributed by atoms with Gasteiger partial charge in [-0.15, -0.1) is 0 Å². The molecule has 6 heteroatoms. The normalized spacial score (nSPS) is 11.3. The van der Waals surface area contributed by atoms with Crippen LogP contribution in [0.4, 0.5) is 0 Å². The van der Waals surface area contributed by atoms with Crippen LogP contribution in [-0.4, -0.2) is 19.7 Å². The molecule has 0 unspecified atom stereocenters. The highest BCUT2D eigenvalue weighted by molar-refractivity contribution is 7.90. The van der Waals surface area contributed by atoms with E-state index in [9.17, 15) is 8.42 Å². The van der Waals surface area contributed by atoms with Crippen molar-refractivity contribution in [3.8, 4) is 11.5 Å². The molecule has 0 atom stereocenters. The van der Waals surface area contributed by atoms with Crippen molar-refractivity contribution in [2.75, 3.05) is 6.26 Å². The lowest BCUT2D eigenvalue weighted by molar-refractivity contribution is 0.471. The monoisotopic (exact) mass is 278 g/mol. The summed E-state index contributed by atoms with van der Waals surface area (Å²) in [5.41, 5.74) is 6.18. The van der Waals surface area contributed by atoms with Crippen LogP contribution < -0.4 is 10.5 Å². The molecule has 0 spiro atoms. The van der Waals surface area contributed by atoms with Crippen molar-refractivity contribution in [1.29, 1.82) is 0 Å². The summed E-state index contributed by atoms with van der Waals surface area (Å²) in [6.07, 6.45) is 2.78. The van der Waals surface area contributed by atoms with Crippen molar-refractivity contribution in [2.24, 2.45) is 5.73 Å². The SMILES string of the molecule is CS(=O)(=O)c1cccc(Oc2cccnc2CN)c1. The number of benzene rings is 1. The Labute approximate surface area is 112 Å². The van der Waals surface area contributed by atoms with E-state index in [0.29, 0.717) is 17.2 Å². The van der Waals surface area contributed by atoms with E-state index in [0.717, 1.165) is 6.26 Å². The first kappa shape index (κ1) is 13.5. The Balaban J connectivity index is 2.34. The van der Waals surface area contributed by atoms with Crippen LogP contribution in [0.25, 0.3) is 0 Å². The second-order valence-corrected chi connectivity index (χ2v) is 6.02. The first-order valence-electron chi connectivity index (χ1n) is 5.62. The van der Waals surface area contributed by atoms with Gasteiger partial charge in [-0.05, 0) is 30.3 Å². The molecule has 0 saturated carbocycles. The number of hydrogen-bond acceptors (Lipinski definition) is 5. The summed E-state index contributed by atoms with van der Waals surface area (Å²) in [4.78, 5) is 4.31. The van der Waals surface area contributed by atoms with Crippen molar-refractivity contribution < 1.29 is 13.2 Å². The fraction of sp³-hybridized carbons (Fsp3) is 0.154. The maximum atomic E-state index is 11.5. The Hall–Kier alpha value is -1.92. The summed E-state index contributed by atoms with van der Waals surface area (Å²) in [6, 6.07) is 9.78. The fourth-order valence-electron chi connectivity index (χ4n) is 1.56.